The Labute approximate surface area is 386 Å². The van der Waals surface area contributed by atoms with Crippen LogP contribution in [0.3, 0.4) is 0 Å². The Morgan fingerprint density at radius 1 is 0.476 bits per heavy atom. The van der Waals surface area contributed by atoms with Gasteiger partial charge in [0.1, 0.15) is 6.61 Å². The van der Waals surface area contributed by atoms with Crippen LogP contribution in [0.4, 0.5) is 0 Å². The molecule has 0 fully saturated rings. The summed E-state index contributed by atoms with van der Waals surface area (Å²) in [6.07, 6.45) is 60.2. The van der Waals surface area contributed by atoms with E-state index < -0.39 is 18.1 Å². The molecule has 0 rings (SSSR count). The van der Waals surface area contributed by atoms with E-state index in [-0.39, 0.29) is 36.2 Å². The van der Waals surface area contributed by atoms with Gasteiger partial charge in [-0.2, -0.15) is 0 Å². The molecule has 0 aromatic heterocycles. The molecule has 8 heteroatoms. The largest absolute Gasteiger partial charge is 0.477 e. The van der Waals surface area contributed by atoms with Gasteiger partial charge in [0.15, 0.2) is 12.1 Å². The van der Waals surface area contributed by atoms with Crippen LogP contribution >= 0.6 is 0 Å². The SMILES string of the molecule is CC/C=C/C/C=C/C/C=C/C/C=C/CCCCCCCCCC(=O)OCC(COCCC(C(=O)O)[N+](C)(C)C)OC(=O)CCCCCCCC/C=C/C/C=C/C/C=C/C/C=C/CC. The molecule has 0 aromatic carbocycles. The third-order valence-electron chi connectivity index (χ3n) is 10.5. The first-order valence-electron chi connectivity index (χ1n) is 24.8. The Morgan fingerprint density at radius 3 is 1.24 bits per heavy atom. The molecule has 0 spiro atoms. The summed E-state index contributed by atoms with van der Waals surface area (Å²) in [5.41, 5.74) is 0. The molecule has 2 atom stereocenters. The van der Waals surface area contributed by atoms with Crippen LogP contribution in [0.15, 0.2) is 97.2 Å². The van der Waals surface area contributed by atoms with E-state index >= 15 is 0 Å². The molecule has 0 aromatic rings. The maximum atomic E-state index is 12.8. The Balaban J connectivity index is 4.34. The fourth-order valence-corrected chi connectivity index (χ4v) is 6.72. The molecule has 0 aliphatic heterocycles. The lowest BCUT2D eigenvalue weighted by Crippen LogP contribution is -2.50. The Bertz CT molecular complexity index is 1350. The first kappa shape index (κ1) is 59.2. The number of carbonyl (C=O) groups excluding carboxylic acids is 2. The minimum atomic E-state index is -0.883. The number of allylic oxidation sites excluding steroid dienone is 16. The predicted molar refractivity (Wildman–Crippen MR) is 266 cm³/mol. The molecule has 0 saturated heterocycles. The Kier molecular flexibility index (Phi) is 42.2. The Hall–Kier alpha value is -3.75. The van der Waals surface area contributed by atoms with Crippen LogP contribution in [-0.4, -0.2) is 80.6 Å². The van der Waals surface area contributed by atoms with Crippen molar-refractivity contribution < 1.29 is 38.2 Å². The average Bonchev–Trinajstić information content (AvgIpc) is 3.24. The lowest BCUT2D eigenvalue weighted by molar-refractivity contribution is -0.887. The lowest BCUT2D eigenvalue weighted by atomic mass is 10.1. The van der Waals surface area contributed by atoms with Crippen LogP contribution in [0.1, 0.15) is 181 Å². The molecular formula is C55H92NO7+. The zero-order valence-corrected chi connectivity index (χ0v) is 40.7. The topological polar surface area (TPSA) is 99.1 Å². The maximum Gasteiger partial charge on any atom is 0.362 e. The molecule has 0 bridgehead atoms. The van der Waals surface area contributed by atoms with Gasteiger partial charge in [0.25, 0.3) is 0 Å². The predicted octanol–water partition coefficient (Wildman–Crippen LogP) is 14.2. The highest BCUT2D eigenvalue weighted by Crippen LogP contribution is 2.14. The zero-order valence-electron chi connectivity index (χ0n) is 40.7. The second kappa shape index (κ2) is 44.8. The molecule has 0 heterocycles. The summed E-state index contributed by atoms with van der Waals surface area (Å²) in [4.78, 5) is 37.1. The van der Waals surface area contributed by atoms with Gasteiger partial charge >= 0.3 is 17.9 Å². The number of unbranched alkanes of at least 4 members (excludes halogenated alkanes) is 13. The van der Waals surface area contributed by atoms with E-state index in [9.17, 15) is 19.5 Å². The fraction of sp³-hybridized carbons (Fsp3) is 0.655. The molecule has 1 N–H and O–H groups in total. The summed E-state index contributed by atoms with van der Waals surface area (Å²) in [5.74, 6) is -1.51. The lowest BCUT2D eigenvalue weighted by Gasteiger charge is -2.31. The fourth-order valence-electron chi connectivity index (χ4n) is 6.72. The van der Waals surface area contributed by atoms with E-state index in [0.29, 0.717) is 19.3 Å². The van der Waals surface area contributed by atoms with Crippen molar-refractivity contribution in [1.29, 1.82) is 0 Å². The van der Waals surface area contributed by atoms with Crippen molar-refractivity contribution in [3.63, 3.8) is 0 Å². The van der Waals surface area contributed by atoms with Crippen LogP contribution in [-0.2, 0) is 28.6 Å². The summed E-state index contributed by atoms with van der Waals surface area (Å²) < 4.78 is 17.3. The summed E-state index contributed by atoms with van der Waals surface area (Å²) in [5, 5.41) is 9.65. The van der Waals surface area contributed by atoms with E-state index in [1.165, 1.54) is 38.5 Å². The van der Waals surface area contributed by atoms with Crippen molar-refractivity contribution in [2.24, 2.45) is 0 Å². The smallest absolute Gasteiger partial charge is 0.362 e. The third kappa shape index (κ3) is 43.3. The van der Waals surface area contributed by atoms with Crippen LogP contribution in [0.5, 0.6) is 0 Å². The molecule has 0 amide bonds. The second-order valence-electron chi connectivity index (χ2n) is 17.3. The number of hydrogen-bond donors (Lipinski definition) is 1. The van der Waals surface area contributed by atoms with E-state index in [4.69, 9.17) is 14.2 Å². The molecule has 358 valence electrons. The molecule has 0 aliphatic rings. The van der Waals surface area contributed by atoms with Gasteiger partial charge in [-0.05, 0) is 89.9 Å². The van der Waals surface area contributed by atoms with Gasteiger partial charge in [0.05, 0.1) is 34.4 Å². The molecule has 8 nitrogen and oxygen atoms in total. The average molecular weight is 879 g/mol. The monoisotopic (exact) mass is 879 g/mol. The van der Waals surface area contributed by atoms with Crippen LogP contribution in [0.25, 0.3) is 0 Å². The van der Waals surface area contributed by atoms with Crippen molar-refractivity contribution in [2.45, 2.75) is 193 Å². The highest BCUT2D eigenvalue weighted by atomic mass is 16.6. The van der Waals surface area contributed by atoms with Crippen molar-refractivity contribution in [3.8, 4) is 0 Å². The zero-order chi connectivity index (χ0) is 46.3. The molecule has 0 radical (unpaired) electrons. The normalized spacial score (nSPS) is 13.7. The number of likely N-dealkylation sites (N-methyl/N-ethyl adjacent to an activating group) is 1. The van der Waals surface area contributed by atoms with Crippen molar-refractivity contribution in [3.05, 3.63) is 97.2 Å². The first-order chi connectivity index (χ1) is 30.6. The minimum Gasteiger partial charge on any atom is -0.477 e. The number of esters is 2. The van der Waals surface area contributed by atoms with Gasteiger partial charge in [-0.15, -0.1) is 0 Å². The maximum absolute atomic E-state index is 12.8. The van der Waals surface area contributed by atoms with Crippen molar-refractivity contribution >= 4 is 17.9 Å². The molecule has 2 unspecified atom stereocenters. The third-order valence-corrected chi connectivity index (χ3v) is 10.5. The van der Waals surface area contributed by atoms with E-state index in [2.05, 4.69) is 111 Å². The van der Waals surface area contributed by atoms with Gasteiger partial charge in [-0.25, -0.2) is 4.79 Å². The minimum absolute atomic E-state index is 0.0457. The molecular weight excluding hydrogens is 787 g/mol. The number of quaternary nitrogens is 1. The number of ether oxygens (including phenoxy) is 3. The van der Waals surface area contributed by atoms with Gasteiger partial charge in [0.2, 0.25) is 0 Å². The quantitative estimate of drug-likeness (QED) is 0.0282. The van der Waals surface area contributed by atoms with Crippen LogP contribution in [0.2, 0.25) is 0 Å². The van der Waals surface area contributed by atoms with Crippen molar-refractivity contribution in [1.82, 2.24) is 0 Å². The van der Waals surface area contributed by atoms with Crippen LogP contribution in [0, 0.1) is 0 Å². The second-order valence-corrected chi connectivity index (χ2v) is 17.3. The molecule has 63 heavy (non-hydrogen) atoms. The van der Waals surface area contributed by atoms with Crippen molar-refractivity contribution in [2.75, 3.05) is 41.0 Å². The van der Waals surface area contributed by atoms with Crippen LogP contribution < -0.4 is 0 Å². The van der Waals surface area contributed by atoms with Gasteiger partial charge < -0.3 is 23.8 Å². The standard InChI is InChI=1S/C55H91NO7/c1-6-8-10-12-14-16-18-20-22-24-26-28-29-31-33-35-37-39-41-43-45-53(57)62-50-51(49-61-48-47-52(55(59)60)56(3,4)5)63-54(58)46-44-42-40-38-36-34-32-30-27-25-23-21-19-17-15-13-11-9-7-2/h8-11,14-17,20-23,26-28,30,51-52H,6-7,12-13,18-19,24-25,29,31-50H2,1-5H3/p+1/b10-8+,11-9+,16-14+,17-15+,22-20+,23-21+,28-26+,30-27+. The highest BCUT2D eigenvalue weighted by molar-refractivity contribution is 5.72. The number of carboxylic acid groups (broad SMARTS) is 1. The number of nitrogens with zero attached hydrogens (tertiary/aromatic N) is 1. The number of aliphatic carboxylic acids is 1. The summed E-state index contributed by atoms with van der Waals surface area (Å²) in [6.45, 7) is 4.48. The molecule has 0 saturated carbocycles. The molecule has 0 aliphatic carbocycles. The number of carboxylic acids is 1. The summed E-state index contributed by atoms with van der Waals surface area (Å²) >= 11 is 0. The Morgan fingerprint density at radius 2 is 0.841 bits per heavy atom. The summed E-state index contributed by atoms with van der Waals surface area (Å²) in [7, 11) is 5.52. The number of hydrogen-bond acceptors (Lipinski definition) is 6. The number of rotatable bonds is 43. The van der Waals surface area contributed by atoms with Gasteiger partial charge in [-0.3, -0.25) is 9.59 Å². The summed E-state index contributed by atoms with van der Waals surface area (Å²) in [6, 6.07) is -0.625. The van der Waals surface area contributed by atoms with Gasteiger partial charge in [-0.1, -0.05) is 169 Å². The van der Waals surface area contributed by atoms with E-state index in [1.807, 2.05) is 21.1 Å². The van der Waals surface area contributed by atoms with E-state index in [0.717, 1.165) is 109 Å². The highest BCUT2D eigenvalue weighted by Gasteiger charge is 2.31. The number of carbonyl (C=O) groups is 3. The van der Waals surface area contributed by atoms with Gasteiger partial charge in [0, 0.05) is 19.3 Å². The van der Waals surface area contributed by atoms with E-state index in [1.54, 1.807) is 0 Å². The first-order valence-corrected chi connectivity index (χ1v) is 24.8.